The van der Waals surface area contributed by atoms with Gasteiger partial charge in [0.1, 0.15) is 0 Å². The van der Waals surface area contributed by atoms with Crippen LogP contribution in [0.3, 0.4) is 0 Å². The fourth-order valence-electron chi connectivity index (χ4n) is 1.73. The Labute approximate surface area is 106 Å². The molecule has 1 amide bonds. The van der Waals surface area contributed by atoms with Crippen LogP contribution in [-0.2, 0) is 14.6 Å². The summed E-state index contributed by atoms with van der Waals surface area (Å²) in [5, 5.41) is 2.10. The van der Waals surface area contributed by atoms with Crippen LogP contribution in [0, 0.1) is 0 Å². The van der Waals surface area contributed by atoms with Crippen LogP contribution in [0.2, 0.25) is 0 Å². The van der Waals surface area contributed by atoms with Crippen molar-refractivity contribution < 1.29 is 13.2 Å². The summed E-state index contributed by atoms with van der Waals surface area (Å²) in [6.07, 6.45) is 0. The van der Waals surface area contributed by atoms with Crippen LogP contribution in [0.1, 0.15) is 0 Å². The van der Waals surface area contributed by atoms with Gasteiger partial charge in [-0.1, -0.05) is 0 Å². The van der Waals surface area contributed by atoms with Gasteiger partial charge in [-0.15, -0.1) is 11.6 Å². The van der Waals surface area contributed by atoms with E-state index in [2.05, 4.69) is 5.32 Å². The normalized spacial score (nSPS) is 27.3. The molecule has 1 saturated heterocycles. The molecule has 1 rings (SSSR count). The molecule has 2 atom stereocenters. The van der Waals surface area contributed by atoms with Crippen LogP contribution in [0.5, 0.6) is 0 Å². The molecule has 0 saturated carbocycles. The van der Waals surface area contributed by atoms with Gasteiger partial charge in [-0.2, -0.15) is 0 Å². The number of carbonyl (C=O) groups is 1. The summed E-state index contributed by atoms with van der Waals surface area (Å²) in [5.41, 5.74) is 5.35. The van der Waals surface area contributed by atoms with E-state index in [9.17, 15) is 13.2 Å². The number of hydrogen-bond donors (Lipinski definition) is 2. The second-order valence-corrected chi connectivity index (χ2v) is 7.01. The molecule has 1 fully saturated rings. The minimum absolute atomic E-state index is 0.0713. The number of hydrogen-bond acceptors (Lipinski definition) is 5. The number of likely N-dealkylation sites (N-methyl/N-ethyl adjacent to an activating group) is 1. The second-order valence-electron chi connectivity index (χ2n) is 4.29. The first-order chi connectivity index (χ1) is 7.84. The molecule has 6 nitrogen and oxygen atoms in total. The summed E-state index contributed by atoms with van der Waals surface area (Å²) in [5.74, 6) is -0.375. The molecule has 1 aliphatic heterocycles. The van der Waals surface area contributed by atoms with Gasteiger partial charge in [-0.3, -0.25) is 9.69 Å². The second kappa shape index (κ2) is 5.99. The molecule has 0 aromatic carbocycles. The molecule has 3 N–H and O–H groups in total. The third-order valence-electron chi connectivity index (χ3n) is 2.55. The van der Waals surface area contributed by atoms with Gasteiger partial charge in [-0.05, 0) is 7.05 Å². The zero-order valence-corrected chi connectivity index (χ0v) is 11.3. The zero-order chi connectivity index (χ0) is 13.1. The quantitative estimate of drug-likeness (QED) is 0.593. The molecular weight excluding hydrogens is 266 g/mol. The zero-order valence-electron chi connectivity index (χ0n) is 9.73. The largest absolute Gasteiger partial charge is 0.350 e. The molecule has 0 aliphatic carbocycles. The molecule has 0 aromatic rings. The highest BCUT2D eigenvalue weighted by molar-refractivity contribution is 7.91. The van der Waals surface area contributed by atoms with Crippen LogP contribution in [0.15, 0.2) is 0 Å². The molecular formula is C9H18ClN3O3S. The van der Waals surface area contributed by atoms with Crippen LogP contribution >= 0.6 is 11.6 Å². The van der Waals surface area contributed by atoms with E-state index >= 15 is 0 Å². The average molecular weight is 284 g/mol. The van der Waals surface area contributed by atoms with Gasteiger partial charge >= 0.3 is 0 Å². The Morgan fingerprint density at radius 2 is 2.18 bits per heavy atom. The van der Waals surface area contributed by atoms with Crippen molar-refractivity contribution in [2.45, 2.75) is 11.4 Å². The maximum absolute atomic E-state index is 11.6. The fourth-order valence-corrected chi connectivity index (χ4v) is 4.28. The van der Waals surface area contributed by atoms with Gasteiger partial charge in [0.25, 0.3) is 0 Å². The summed E-state index contributed by atoms with van der Waals surface area (Å²) >= 11 is 5.88. The number of nitrogens with one attached hydrogen (secondary N) is 1. The van der Waals surface area contributed by atoms with Gasteiger partial charge in [0, 0.05) is 13.1 Å². The highest BCUT2D eigenvalue weighted by Crippen LogP contribution is 2.17. The third-order valence-corrected chi connectivity index (χ3v) is 4.93. The predicted molar refractivity (Wildman–Crippen MR) is 66.8 cm³/mol. The summed E-state index contributed by atoms with van der Waals surface area (Å²) in [6, 6.07) is -0.486. The number of sulfone groups is 1. The van der Waals surface area contributed by atoms with Crippen LogP contribution in [0.4, 0.5) is 0 Å². The molecule has 2 unspecified atom stereocenters. The predicted octanol–water partition coefficient (Wildman–Crippen LogP) is -1.60. The molecule has 8 heteroatoms. The molecule has 17 heavy (non-hydrogen) atoms. The van der Waals surface area contributed by atoms with Crippen molar-refractivity contribution in [1.82, 2.24) is 10.2 Å². The molecule has 0 radical (unpaired) electrons. The number of halogens is 1. The lowest BCUT2D eigenvalue weighted by Crippen LogP contribution is -2.45. The van der Waals surface area contributed by atoms with Gasteiger partial charge < -0.3 is 11.1 Å². The number of nitrogens with zero attached hydrogens (tertiary/aromatic N) is 1. The number of amides is 1. The molecule has 1 heterocycles. The van der Waals surface area contributed by atoms with E-state index in [0.717, 1.165) is 0 Å². The van der Waals surface area contributed by atoms with Crippen molar-refractivity contribution in [1.29, 1.82) is 0 Å². The molecule has 0 spiro atoms. The smallest absolute Gasteiger partial charge is 0.234 e. The van der Waals surface area contributed by atoms with E-state index in [1.165, 1.54) is 0 Å². The standard InChI is InChI=1S/C9H18ClN3O3S/c1-13(3-2-11)4-9(14)12-8-6-17(15,16)5-7(8)10/h7-8H,2-6,11H2,1H3,(H,12,14). The topological polar surface area (TPSA) is 92.5 Å². The van der Waals surface area contributed by atoms with Crippen LogP contribution < -0.4 is 11.1 Å². The highest BCUT2D eigenvalue weighted by atomic mass is 35.5. The first-order valence-electron chi connectivity index (χ1n) is 5.36. The maximum Gasteiger partial charge on any atom is 0.234 e. The fraction of sp³-hybridized carbons (Fsp3) is 0.889. The first-order valence-corrected chi connectivity index (χ1v) is 7.62. The van der Waals surface area contributed by atoms with E-state index in [-0.39, 0.29) is 24.0 Å². The molecule has 100 valence electrons. The Kier molecular flexibility index (Phi) is 5.18. The summed E-state index contributed by atoms with van der Waals surface area (Å²) < 4.78 is 22.6. The van der Waals surface area contributed by atoms with E-state index in [4.69, 9.17) is 17.3 Å². The number of alkyl halides is 1. The monoisotopic (exact) mass is 283 g/mol. The van der Waals surface area contributed by atoms with Gasteiger partial charge in [0.05, 0.1) is 29.5 Å². The van der Waals surface area contributed by atoms with Gasteiger partial charge in [-0.25, -0.2) is 8.42 Å². The lowest BCUT2D eigenvalue weighted by molar-refractivity contribution is -0.122. The number of nitrogens with two attached hydrogens (primary N) is 1. The molecule has 0 bridgehead atoms. The van der Waals surface area contributed by atoms with Crippen molar-refractivity contribution >= 4 is 27.3 Å². The SMILES string of the molecule is CN(CCN)CC(=O)NC1CS(=O)(=O)CC1Cl. The summed E-state index contributed by atoms with van der Waals surface area (Å²) in [4.78, 5) is 13.4. The van der Waals surface area contributed by atoms with Crippen LogP contribution in [0.25, 0.3) is 0 Å². The Bertz CT molecular complexity index is 374. The molecule has 0 aromatic heterocycles. The summed E-state index contributed by atoms with van der Waals surface area (Å²) in [7, 11) is -1.34. The Balaban J connectivity index is 2.42. The van der Waals surface area contributed by atoms with Gasteiger partial charge in [0.2, 0.25) is 5.91 Å². The van der Waals surface area contributed by atoms with E-state index in [1.807, 2.05) is 0 Å². The van der Waals surface area contributed by atoms with Crippen molar-refractivity contribution in [3.8, 4) is 0 Å². The van der Waals surface area contributed by atoms with E-state index in [1.54, 1.807) is 11.9 Å². The Morgan fingerprint density at radius 3 is 2.65 bits per heavy atom. The van der Waals surface area contributed by atoms with Crippen molar-refractivity contribution in [3.63, 3.8) is 0 Å². The Morgan fingerprint density at radius 1 is 1.53 bits per heavy atom. The minimum Gasteiger partial charge on any atom is -0.350 e. The van der Waals surface area contributed by atoms with E-state index < -0.39 is 21.3 Å². The summed E-state index contributed by atoms with van der Waals surface area (Å²) in [6.45, 7) is 1.28. The molecule has 1 aliphatic rings. The minimum atomic E-state index is -3.11. The van der Waals surface area contributed by atoms with Crippen LogP contribution in [-0.4, -0.2) is 68.8 Å². The van der Waals surface area contributed by atoms with E-state index in [0.29, 0.717) is 13.1 Å². The third kappa shape index (κ3) is 4.79. The number of carbonyl (C=O) groups excluding carboxylic acids is 1. The lowest BCUT2D eigenvalue weighted by atomic mass is 10.2. The van der Waals surface area contributed by atoms with Gasteiger partial charge in [0.15, 0.2) is 9.84 Å². The Hall–Kier alpha value is -0.370. The lowest BCUT2D eigenvalue weighted by Gasteiger charge is -2.18. The van der Waals surface area contributed by atoms with Crippen molar-refractivity contribution in [2.24, 2.45) is 5.73 Å². The highest BCUT2D eigenvalue weighted by Gasteiger charge is 2.37. The number of rotatable bonds is 5. The maximum atomic E-state index is 11.6. The first kappa shape index (κ1) is 14.7. The van der Waals surface area contributed by atoms with Crippen molar-refractivity contribution in [3.05, 3.63) is 0 Å². The average Bonchev–Trinajstić information content (AvgIpc) is 2.39. The van der Waals surface area contributed by atoms with Crippen molar-refractivity contribution in [2.75, 3.05) is 38.2 Å².